The number of aromatic nitrogens is 2. The number of carbonyl (C=O) groups excluding carboxylic acids is 1. The number of benzene rings is 3. The van der Waals surface area contributed by atoms with E-state index >= 15 is 0 Å². The lowest BCUT2D eigenvalue weighted by molar-refractivity contribution is -0.384. The lowest BCUT2D eigenvalue weighted by Gasteiger charge is -2.12. The summed E-state index contributed by atoms with van der Waals surface area (Å²) in [7, 11) is 0. The molecule has 0 aliphatic rings. The fourth-order valence-electron chi connectivity index (χ4n) is 2.86. The van der Waals surface area contributed by atoms with Crippen molar-refractivity contribution >= 4 is 28.2 Å². The summed E-state index contributed by atoms with van der Waals surface area (Å²) >= 11 is 0. The molecule has 2 N–H and O–H groups in total. The van der Waals surface area contributed by atoms with E-state index in [1.54, 1.807) is 36.4 Å². The summed E-state index contributed by atoms with van der Waals surface area (Å²) in [6.07, 6.45) is 1.29. The van der Waals surface area contributed by atoms with Crippen LogP contribution >= 0.6 is 0 Å². The van der Waals surface area contributed by atoms with Gasteiger partial charge >= 0.3 is 0 Å². The van der Waals surface area contributed by atoms with Crippen LogP contribution in [0.4, 0.5) is 11.4 Å². The van der Waals surface area contributed by atoms with Crippen LogP contribution in [-0.2, 0) is 0 Å². The lowest BCUT2D eigenvalue weighted by Crippen LogP contribution is -2.14. The molecule has 0 radical (unpaired) electrons. The summed E-state index contributed by atoms with van der Waals surface area (Å²) in [6.45, 7) is 0. The first-order valence-corrected chi connectivity index (χ1v) is 8.81. The third-order valence-corrected chi connectivity index (χ3v) is 4.29. The minimum absolute atomic E-state index is 0.0201. The van der Waals surface area contributed by atoms with E-state index in [9.17, 15) is 19.7 Å². The molecule has 0 atom stereocenters. The first-order valence-electron chi connectivity index (χ1n) is 8.81. The van der Waals surface area contributed by atoms with Crippen molar-refractivity contribution in [3.63, 3.8) is 0 Å². The Kier molecular flexibility index (Phi) is 4.92. The van der Waals surface area contributed by atoms with Gasteiger partial charge in [0.2, 0.25) is 0 Å². The molecule has 1 heterocycles. The van der Waals surface area contributed by atoms with Gasteiger partial charge in [0, 0.05) is 17.8 Å². The van der Waals surface area contributed by atoms with Gasteiger partial charge in [-0.3, -0.25) is 19.7 Å². The second-order valence-corrected chi connectivity index (χ2v) is 6.27. The van der Waals surface area contributed by atoms with Crippen LogP contribution in [0.3, 0.4) is 0 Å². The number of aromatic amines is 1. The fourth-order valence-corrected chi connectivity index (χ4v) is 2.86. The molecule has 0 unspecified atom stereocenters. The first-order chi connectivity index (χ1) is 14.5. The van der Waals surface area contributed by atoms with Crippen molar-refractivity contribution in [3.8, 4) is 11.5 Å². The van der Waals surface area contributed by atoms with Gasteiger partial charge in [0.05, 0.1) is 27.7 Å². The van der Waals surface area contributed by atoms with Crippen LogP contribution in [0.2, 0.25) is 0 Å². The second-order valence-electron chi connectivity index (χ2n) is 6.27. The number of ether oxygens (including phenoxy) is 1. The van der Waals surface area contributed by atoms with Gasteiger partial charge in [-0.2, -0.15) is 0 Å². The summed E-state index contributed by atoms with van der Waals surface area (Å²) < 4.78 is 5.74. The molecule has 30 heavy (non-hydrogen) atoms. The maximum Gasteiger partial charge on any atom is 0.270 e. The molecule has 0 bridgehead atoms. The van der Waals surface area contributed by atoms with Crippen molar-refractivity contribution < 1.29 is 14.5 Å². The molecular formula is C21H14N4O5. The summed E-state index contributed by atoms with van der Waals surface area (Å²) in [5.41, 5.74) is 0.191. The van der Waals surface area contributed by atoms with Gasteiger partial charge in [0.15, 0.2) is 0 Å². The van der Waals surface area contributed by atoms with E-state index in [2.05, 4.69) is 15.3 Å². The van der Waals surface area contributed by atoms with E-state index < -0.39 is 10.8 Å². The molecule has 3 aromatic carbocycles. The summed E-state index contributed by atoms with van der Waals surface area (Å²) in [5.74, 6) is 0.0117. The van der Waals surface area contributed by atoms with Crippen molar-refractivity contribution in [2.45, 2.75) is 0 Å². The molecule has 1 amide bonds. The number of nitro groups is 1. The van der Waals surface area contributed by atoms with Crippen LogP contribution in [0, 0.1) is 10.1 Å². The molecule has 4 rings (SSSR count). The fraction of sp³-hybridized carbons (Fsp3) is 0. The SMILES string of the molecule is O=C(Nc1ccc2nc[nH]c(=O)c2c1)c1cc([N+](=O)[O-])ccc1Oc1ccccc1. The molecule has 0 aliphatic heterocycles. The highest BCUT2D eigenvalue weighted by Crippen LogP contribution is 2.29. The third-order valence-electron chi connectivity index (χ3n) is 4.29. The van der Waals surface area contributed by atoms with Gasteiger partial charge in [-0.25, -0.2) is 4.98 Å². The predicted octanol–water partition coefficient (Wildman–Crippen LogP) is 3.88. The third kappa shape index (κ3) is 3.85. The number of hydrogen-bond donors (Lipinski definition) is 2. The van der Waals surface area contributed by atoms with Gasteiger partial charge < -0.3 is 15.0 Å². The van der Waals surface area contributed by atoms with Crippen LogP contribution in [0.1, 0.15) is 10.4 Å². The Morgan fingerprint density at radius 1 is 1.07 bits per heavy atom. The molecule has 4 aromatic rings. The average molecular weight is 402 g/mol. The minimum Gasteiger partial charge on any atom is -0.457 e. The lowest BCUT2D eigenvalue weighted by atomic mass is 10.1. The van der Waals surface area contributed by atoms with Crippen LogP contribution in [-0.4, -0.2) is 20.8 Å². The maximum atomic E-state index is 12.9. The molecule has 9 nitrogen and oxygen atoms in total. The Labute approximate surface area is 169 Å². The topological polar surface area (TPSA) is 127 Å². The number of nitro benzene ring substituents is 1. The normalized spacial score (nSPS) is 10.5. The van der Waals surface area contributed by atoms with Crippen LogP contribution in [0.15, 0.2) is 77.9 Å². The minimum atomic E-state index is -0.621. The van der Waals surface area contributed by atoms with Crippen LogP contribution in [0.5, 0.6) is 11.5 Å². The zero-order valence-corrected chi connectivity index (χ0v) is 15.4. The largest absolute Gasteiger partial charge is 0.457 e. The molecule has 0 fully saturated rings. The number of fused-ring (bicyclic) bond motifs is 1. The van der Waals surface area contributed by atoms with Gasteiger partial charge in [0.25, 0.3) is 17.2 Å². The molecule has 0 aliphatic carbocycles. The molecule has 0 saturated heterocycles. The average Bonchev–Trinajstić information content (AvgIpc) is 2.75. The van der Waals surface area contributed by atoms with E-state index in [0.717, 1.165) is 6.07 Å². The van der Waals surface area contributed by atoms with E-state index in [0.29, 0.717) is 22.3 Å². The number of hydrogen-bond acceptors (Lipinski definition) is 6. The van der Waals surface area contributed by atoms with Crippen molar-refractivity contribution in [2.75, 3.05) is 5.32 Å². The molecular weight excluding hydrogens is 388 g/mol. The van der Waals surface area contributed by atoms with Crippen LogP contribution in [0.25, 0.3) is 10.9 Å². The number of nitrogens with zero attached hydrogens (tertiary/aromatic N) is 2. The number of amides is 1. The zero-order valence-electron chi connectivity index (χ0n) is 15.4. The number of nitrogens with one attached hydrogen (secondary N) is 2. The molecule has 0 saturated carbocycles. The van der Waals surface area contributed by atoms with E-state index in [1.165, 1.54) is 24.5 Å². The Bertz CT molecular complexity index is 1320. The predicted molar refractivity (Wildman–Crippen MR) is 110 cm³/mol. The Balaban J connectivity index is 1.70. The standard InChI is InChI=1S/C21H14N4O5/c26-20-16-10-13(6-8-18(16)22-12-23-20)24-21(27)17-11-14(25(28)29)7-9-19(17)30-15-4-2-1-3-5-15/h1-12H,(H,24,27)(H,22,23,26). The Morgan fingerprint density at radius 3 is 2.63 bits per heavy atom. The van der Waals surface area contributed by atoms with Crippen molar-refractivity contribution in [3.05, 3.63) is 99.1 Å². The monoisotopic (exact) mass is 402 g/mol. The Hall–Kier alpha value is -4.53. The van der Waals surface area contributed by atoms with E-state index in [-0.39, 0.29) is 22.6 Å². The highest BCUT2D eigenvalue weighted by Gasteiger charge is 2.19. The number of non-ortho nitro benzene ring substituents is 1. The highest BCUT2D eigenvalue weighted by molar-refractivity contribution is 6.07. The van der Waals surface area contributed by atoms with E-state index in [1.807, 2.05) is 6.07 Å². The molecule has 1 aromatic heterocycles. The summed E-state index contributed by atoms with van der Waals surface area (Å²) in [5, 5.41) is 14.1. The number of para-hydroxylation sites is 1. The first kappa shape index (κ1) is 18.8. The summed E-state index contributed by atoms with van der Waals surface area (Å²) in [4.78, 5) is 42.0. The van der Waals surface area contributed by atoms with E-state index in [4.69, 9.17) is 4.74 Å². The van der Waals surface area contributed by atoms with Crippen molar-refractivity contribution in [2.24, 2.45) is 0 Å². The second kappa shape index (κ2) is 7.84. The maximum absolute atomic E-state index is 12.9. The number of H-pyrrole nitrogens is 1. The molecule has 9 heteroatoms. The quantitative estimate of drug-likeness (QED) is 0.385. The van der Waals surface area contributed by atoms with Gasteiger partial charge in [-0.15, -0.1) is 0 Å². The van der Waals surface area contributed by atoms with Gasteiger partial charge in [-0.1, -0.05) is 18.2 Å². The highest BCUT2D eigenvalue weighted by atomic mass is 16.6. The van der Waals surface area contributed by atoms with Gasteiger partial charge in [-0.05, 0) is 36.4 Å². The van der Waals surface area contributed by atoms with Crippen molar-refractivity contribution in [1.82, 2.24) is 9.97 Å². The number of anilines is 1. The summed E-state index contributed by atoms with van der Waals surface area (Å²) in [6, 6.07) is 17.2. The zero-order chi connectivity index (χ0) is 21.1. The molecule has 0 spiro atoms. The van der Waals surface area contributed by atoms with Crippen LogP contribution < -0.4 is 15.6 Å². The Morgan fingerprint density at radius 2 is 1.87 bits per heavy atom. The number of rotatable bonds is 5. The smallest absolute Gasteiger partial charge is 0.270 e. The molecule has 148 valence electrons. The van der Waals surface area contributed by atoms with Gasteiger partial charge in [0.1, 0.15) is 11.5 Å². The number of carbonyl (C=O) groups is 1. The van der Waals surface area contributed by atoms with Crippen molar-refractivity contribution in [1.29, 1.82) is 0 Å².